The van der Waals surface area contributed by atoms with Crippen LogP contribution in [0.25, 0.3) is 0 Å². The molecule has 24 heavy (non-hydrogen) atoms. The summed E-state index contributed by atoms with van der Waals surface area (Å²) in [5.41, 5.74) is 4.63. The first kappa shape index (κ1) is 18.0. The van der Waals surface area contributed by atoms with Gasteiger partial charge in [0.2, 0.25) is 0 Å². The summed E-state index contributed by atoms with van der Waals surface area (Å²) in [6, 6.07) is 11.0. The molecule has 0 aliphatic heterocycles. The lowest BCUT2D eigenvalue weighted by Gasteiger charge is -2.08. The van der Waals surface area contributed by atoms with Crippen LogP contribution in [0, 0.1) is 11.5 Å². The number of hydrogen-bond donors (Lipinski definition) is 1. The molecular weight excluding hydrogens is 342 g/mol. The number of nitrogens with zero attached hydrogens (tertiary/aromatic N) is 2. The summed E-state index contributed by atoms with van der Waals surface area (Å²) in [5, 5.41) is 10.4. The standard InChI is InChI=1S/C17H18ClN3O2Si/c1-24(2,3)10-9-14-11-15(18)20-21-16(14)19-17(22)23-12-13-7-5-4-6-8-13/h4-8,11H,12H2,1-3H3,(H,19,21,22). The monoisotopic (exact) mass is 359 g/mol. The van der Waals surface area contributed by atoms with Crippen molar-refractivity contribution in [3.63, 3.8) is 0 Å². The molecule has 7 heteroatoms. The van der Waals surface area contributed by atoms with E-state index in [9.17, 15) is 4.79 Å². The Balaban J connectivity index is 2.08. The van der Waals surface area contributed by atoms with Crippen molar-refractivity contribution >= 4 is 31.6 Å². The molecule has 1 heterocycles. The molecule has 0 spiro atoms. The maximum atomic E-state index is 12.0. The molecule has 0 aliphatic carbocycles. The molecule has 1 aromatic carbocycles. The van der Waals surface area contributed by atoms with E-state index in [0.717, 1.165) is 5.56 Å². The summed E-state index contributed by atoms with van der Waals surface area (Å²) in [6.07, 6.45) is -0.619. The van der Waals surface area contributed by atoms with E-state index in [1.165, 1.54) is 0 Å². The van der Waals surface area contributed by atoms with E-state index in [-0.39, 0.29) is 17.6 Å². The number of anilines is 1. The van der Waals surface area contributed by atoms with E-state index >= 15 is 0 Å². The van der Waals surface area contributed by atoms with Gasteiger partial charge in [-0.05, 0) is 11.6 Å². The van der Waals surface area contributed by atoms with Gasteiger partial charge < -0.3 is 4.74 Å². The number of carbonyl (C=O) groups is 1. The Bertz CT molecular complexity index is 780. The summed E-state index contributed by atoms with van der Waals surface area (Å²) < 4.78 is 5.17. The fraction of sp³-hybridized carbons (Fsp3) is 0.235. The molecule has 0 atom stereocenters. The predicted molar refractivity (Wildman–Crippen MR) is 97.5 cm³/mol. The Labute approximate surface area is 147 Å². The zero-order valence-corrected chi connectivity index (χ0v) is 15.5. The van der Waals surface area contributed by atoms with Gasteiger partial charge in [0.1, 0.15) is 14.7 Å². The minimum absolute atomic E-state index is 0.170. The highest BCUT2D eigenvalue weighted by molar-refractivity contribution is 6.83. The van der Waals surface area contributed by atoms with Crippen molar-refractivity contribution in [2.45, 2.75) is 26.2 Å². The number of amides is 1. The molecule has 2 aromatic rings. The highest BCUT2D eigenvalue weighted by Gasteiger charge is 2.12. The van der Waals surface area contributed by atoms with Crippen LogP contribution in [0.3, 0.4) is 0 Å². The minimum atomic E-state index is -1.58. The van der Waals surface area contributed by atoms with Gasteiger partial charge in [0.15, 0.2) is 11.0 Å². The molecule has 124 valence electrons. The Morgan fingerprint density at radius 1 is 1.25 bits per heavy atom. The summed E-state index contributed by atoms with van der Waals surface area (Å²) in [6.45, 7) is 6.54. The van der Waals surface area contributed by atoms with Crippen molar-refractivity contribution in [3.8, 4) is 11.5 Å². The van der Waals surface area contributed by atoms with Gasteiger partial charge in [-0.15, -0.1) is 15.7 Å². The highest BCUT2D eigenvalue weighted by atomic mass is 35.5. The van der Waals surface area contributed by atoms with Crippen LogP contribution >= 0.6 is 11.6 Å². The summed E-state index contributed by atoms with van der Waals surface area (Å²) in [5.74, 6) is 3.27. The van der Waals surface area contributed by atoms with Gasteiger partial charge in [0, 0.05) is 0 Å². The van der Waals surface area contributed by atoms with Crippen LogP contribution in [-0.4, -0.2) is 24.4 Å². The van der Waals surface area contributed by atoms with Crippen LogP contribution in [-0.2, 0) is 11.3 Å². The first-order chi connectivity index (χ1) is 11.3. The predicted octanol–water partition coefficient (Wildman–Crippen LogP) is 4.11. The fourth-order valence-corrected chi connectivity index (χ4v) is 2.32. The first-order valence-electron chi connectivity index (χ1n) is 7.37. The summed E-state index contributed by atoms with van der Waals surface area (Å²) >= 11 is 5.87. The van der Waals surface area contributed by atoms with Crippen LogP contribution < -0.4 is 5.32 Å². The van der Waals surface area contributed by atoms with Gasteiger partial charge in [-0.25, -0.2) is 4.79 Å². The Kier molecular flexibility index (Phi) is 5.96. The number of nitrogens with one attached hydrogen (secondary N) is 1. The topological polar surface area (TPSA) is 64.1 Å². The first-order valence-corrected chi connectivity index (χ1v) is 11.3. The van der Waals surface area contributed by atoms with E-state index in [1.807, 2.05) is 30.3 Å². The van der Waals surface area contributed by atoms with E-state index in [4.69, 9.17) is 16.3 Å². The molecule has 0 bridgehead atoms. The Hall–Kier alpha value is -2.36. The van der Waals surface area contributed by atoms with Crippen LogP contribution in [0.5, 0.6) is 0 Å². The fourth-order valence-electron chi connectivity index (χ4n) is 1.67. The molecular formula is C17H18ClN3O2Si. The number of benzene rings is 1. The number of rotatable bonds is 3. The number of aromatic nitrogens is 2. The van der Waals surface area contributed by atoms with Crippen molar-refractivity contribution in [2.24, 2.45) is 0 Å². The smallest absolute Gasteiger partial charge is 0.413 e. The molecule has 2 rings (SSSR count). The van der Waals surface area contributed by atoms with Gasteiger partial charge in [0.25, 0.3) is 0 Å². The van der Waals surface area contributed by atoms with Crippen LogP contribution in [0.15, 0.2) is 36.4 Å². The second-order valence-electron chi connectivity index (χ2n) is 6.12. The minimum Gasteiger partial charge on any atom is -0.444 e. The largest absolute Gasteiger partial charge is 0.444 e. The quantitative estimate of drug-likeness (QED) is 0.661. The van der Waals surface area contributed by atoms with Crippen LogP contribution in [0.4, 0.5) is 10.6 Å². The second kappa shape index (κ2) is 7.95. The molecule has 0 saturated carbocycles. The molecule has 0 fully saturated rings. The van der Waals surface area contributed by atoms with Crippen molar-refractivity contribution in [2.75, 3.05) is 5.32 Å². The molecule has 0 aliphatic rings. The Morgan fingerprint density at radius 3 is 2.62 bits per heavy atom. The molecule has 1 aromatic heterocycles. The lowest BCUT2D eigenvalue weighted by Crippen LogP contribution is -2.17. The SMILES string of the molecule is C[Si](C)(C)C#Cc1cc(Cl)nnc1NC(=O)OCc1ccccc1. The van der Waals surface area contributed by atoms with E-state index in [2.05, 4.69) is 46.6 Å². The van der Waals surface area contributed by atoms with Gasteiger partial charge in [-0.1, -0.05) is 67.5 Å². The Morgan fingerprint density at radius 2 is 1.96 bits per heavy atom. The molecule has 0 radical (unpaired) electrons. The number of carbonyl (C=O) groups excluding carboxylic acids is 1. The average Bonchev–Trinajstić information content (AvgIpc) is 2.53. The van der Waals surface area contributed by atoms with Crippen LogP contribution in [0.1, 0.15) is 11.1 Å². The van der Waals surface area contributed by atoms with Gasteiger partial charge in [-0.3, -0.25) is 5.32 Å². The molecule has 1 amide bonds. The lowest BCUT2D eigenvalue weighted by atomic mass is 10.2. The van der Waals surface area contributed by atoms with Crippen LogP contribution in [0.2, 0.25) is 24.8 Å². The third-order valence-electron chi connectivity index (χ3n) is 2.77. The number of hydrogen-bond acceptors (Lipinski definition) is 4. The second-order valence-corrected chi connectivity index (χ2v) is 11.3. The zero-order valence-electron chi connectivity index (χ0n) is 13.8. The highest BCUT2D eigenvalue weighted by Crippen LogP contribution is 2.15. The summed E-state index contributed by atoms with van der Waals surface area (Å²) in [4.78, 5) is 12.0. The van der Waals surface area contributed by atoms with E-state index in [1.54, 1.807) is 6.07 Å². The molecule has 0 saturated heterocycles. The average molecular weight is 360 g/mol. The third-order valence-corrected chi connectivity index (χ3v) is 3.83. The van der Waals surface area contributed by atoms with E-state index in [0.29, 0.717) is 5.56 Å². The van der Waals surface area contributed by atoms with Gasteiger partial charge in [0.05, 0.1) is 5.56 Å². The lowest BCUT2D eigenvalue weighted by molar-refractivity contribution is 0.155. The molecule has 1 N–H and O–H groups in total. The summed E-state index contributed by atoms with van der Waals surface area (Å²) in [7, 11) is -1.58. The van der Waals surface area contributed by atoms with Crippen molar-refractivity contribution in [1.82, 2.24) is 10.2 Å². The maximum Gasteiger partial charge on any atom is 0.413 e. The van der Waals surface area contributed by atoms with Crippen molar-refractivity contribution in [1.29, 1.82) is 0 Å². The van der Waals surface area contributed by atoms with E-state index < -0.39 is 14.2 Å². The zero-order chi connectivity index (χ0) is 17.6. The molecule has 5 nitrogen and oxygen atoms in total. The normalized spacial score (nSPS) is 10.5. The van der Waals surface area contributed by atoms with Gasteiger partial charge in [-0.2, -0.15) is 0 Å². The maximum absolute atomic E-state index is 12.0. The number of ether oxygens (including phenoxy) is 1. The van der Waals surface area contributed by atoms with Crippen molar-refractivity contribution in [3.05, 3.63) is 52.7 Å². The third kappa shape index (κ3) is 6.03. The number of halogens is 1. The van der Waals surface area contributed by atoms with Crippen molar-refractivity contribution < 1.29 is 9.53 Å². The molecule has 0 unspecified atom stereocenters. The van der Waals surface area contributed by atoms with Gasteiger partial charge >= 0.3 is 6.09 Å².